The average molecular weight is 187 g/mol. The molecule has 2 nitrogen and oxygen atoms in total. The molecule has 1 aromatic carbocycles. The van der Waals surface area contributed by atoms with Gasteiger partial charge in [0, 0.05) is 17.5 Å². The molecule has 1 atom stereocenters. The van der Waals surface area contributed by atoms with E-state index in [9.17, 15) is 5.11 Å². The van der Waals surface area contributed by atoms with E-state index in [1.54, 1.807) is 6.92 Å². The third-order valence-electron chi connectivity index (χ3n) is 2.16. The monoisotopic (exact) mass is 187 g/mol. The van der Waals surface area contributed by atoms with Crippen molar-refractivity contribution < 1.29 is 5.11 Å². The number of aliphatic hydroxyl groups is 1. The summed E-state index contributed by atoms with van der Waals surface area (Å²) in [5.41, 5.74) is 1.93. The molecule has 0 amide bonds. The topological polar surface area (TPSA) is 33.1 Å². The second-order valence-corrected chi connectivity index (χ2v) is 3.55. The van der Waals surface area contributed by atoms with E-state index in [1.807, 2.05) is 36.4 Å². The maximum absolute atomic E-state index is 9.24. The molecule has 2 aromatic rings. The molecule has 0 unspecified atom stereocenters. The van der Waals surface area contributed by atoms with Crippen molar-refractivity contribution in [3.05, 3.63) is 42.1 Å². The fourth-order valence-corrected chi connectivity index (χ4v) is 1.52. The number of rotatable bonds is 2. The second kappa shape index (κ2) is 3.76. The number of hydrogen-bond donors (Lipinski definition) is 1. The van der Waals surface area contributed by atoms with E-state index < -0.39 is 0 Å². The number of aliphatic hydroxyl groups excluding tert-OH is 1. The Balaban J connectivity index is 2.41. The molecule has 0 saturated heterocycles. The Kier molecular flexibility index (Phi) is 2.46. The highest BCUT2D eigenvalue weighted by molar-refractivity contribution is 5.78. The van der Waals surface area contributed by atoms with Crippen LogP contribution in [0.25, 0.3) is 10.9 Å². The Morgan fingerprint density at radius 1 is 1.21 bits per heavy atom. The molecule has 1 N–H and O–H groups in total. The van der Waals surface area contributed by atoms with Gasteiger partial charge in [-0.25, -0.2) is 0 Å². The molecule has 0 spiro atoms. The van der Waals surface area contributed by atoms with Crippen LogP contribution in [0.4, 0.5) is 0 Å². The first-order valence-electron chi connectivity index (χ1n) is 4.78. The molecule has 0 aliphatic rings. The Morgan fingerprint density at radius 3 is 2.79 bits per heavy atom. The van der Waals surface area contributed by atoms with Crippen molar-refractivity contribution in [2.75, 3.05) is 0 Å². The smallest absolute Gasteiger partial charge is 0.0705 e. The van der Waals surface area contributed by atoms with Gasteiger partial charge in [0.25, 0.3) is 0 Å². The van der Waals surface area contributed by atoms with Crippen molar-refractivity contribution in [1.82, 2.24) is 4.98 Å². The van der Waals surface area contributed by atoms with Gasteiger partial charge in [0.05, 0.1) is 11.6 Å². The van der Waals surface area contributed by atoms with E-state index in [1.165, 1.54) is 0 Å². The summed E-state index contributed by atoms with van der Waals surface area (Å²) in [6, 6.07) is 12.0. The van der Waals surface area contributed by atoms with Gasteiger partial charge in [-0.3, -0.25) is 4.98 Å². The lowest BCUT2D eigenvalue weighted by atomic mass is 10.1. The van der Waals surface area contributed by atoms with Crippen LogP contribution in [0.1, 0.15) is 12.6 Å². The summed E-state index contributed by atoms with van der Waals surface area (Å²) in [7, 11) is 0. The van der Waals surface area contributed by atoms with Gasteiger partial charge in [-0.1, -0.05) is 24.3 Å². The van der Waals surface area contributed by atoms with Crippen molar-refractivity contribution in [2.45, 2.75) is 19.4 Å². The maximum atomic E-state index is 9.24. The number of nitrogens with zero attached hydrogens (tertiary/aromatic N) is 1. The number of para-hydroxylation sites is 1. The minimum absolute atomic E-state index is 0.330. The number of hydrogen-bond acceptors (Lipinski definition) is 2. The molecule has 14 heavy (non-hydrogen) atoms. The predicted octanol–water partition coefficient (Wildman–Crippen LogP) is 2.16. The molecule has 1 heterocycles. The summed E-state index contributed by atoms with van der Waals surface area (Å²) >= 11 is 0. The van der Waals surface area contributed by atoms with Crippen LogP contribution >= 0.6 is 0 Å². The normalized spacial score (nSPS) is 13.0. The van der Waals surface area contributed by atoms with Gasteiger partial charge in [0.15, 0.2) is 0 Å². The van der Waals surface area contributed by atoms with Gasteiger partial charge < -0.3 is 5.11 Å². The summed E-state index contributed by atoms with van der Waals surface area (Å²) in [6.45, 7) is 1.77. The summed E-state index contributed by atoms with van der Waals surface area (Å²) in [5, 5.41) is 10.4. The van der Waals surface area contributed by atoms with Gasteiger partial charge in [0.2, 0.25) is 0 Å². The maximum Gasteiger partial charge on any atom is 0.0705 e. The quantitative estimate of drug-likeness (QED) is 0.781. The van der Waals surface area contributed by atoms with Crippen molar-refractivity contribution in [2.24, 2.45) is 0 Å². The van der Waals surface area contributed by atoms with Gasteiger partial charge in [-0.2, -0.15) is 0 Å². The van der Waals surface area contributed by atoms with Gasteiger partial charge in [-0.05, 0) is 19.1 Å². The zero-order valence-corrected chi connectivity index (χ0v) is 8.14. The van der Waals surface area contributed by atoms with Gasteiger partial charge >= 0.3 is 0 Å². The second-order valence-electron chi connectivity index (χ2n) is 3.55. The molecule has 0 radical (unpaired) electrons. The highest BCUT2D eigenvalue weighted by Crippen LogP contribution is 2.12. The summed E-state index contributed by atoms with van der Waals surface area (Å²) in [4.78, 5) is 4.46. The number of fused-ring (bicyclic) bond motifs is 1. The SMILES string of the molecule is C[C@H](O)Cc1ccc2ccccc2n1. The standard InChI is InChI=1S/C12H13NO/c1-9(14)8-11-7-6-10-4-2-3-5-12(10)13-11/h2-7,9,14H,8H2,1H3/t9-/m0/s1. The third kappa shape index (κ3) is 1.91. The first-order chi connectivity index (χ1) is 6.75. The van der Waals surface area contributed by atoms with Crippen LogP contribution in [0.5, 0.6) is 0 Å². The van der Waals surface area contributed by atoms with Crippen LogP contribution in [-0.2, 0) is 6.42 Å². The average Bonchev–Trinajstić information content (AvgIpc) is 2.17. The molecule has 72 valence electrons. The molecule has 2 heteroatoms. The predicted molar refractivity (Wildman–Crippen MR) is 57.1 cm³/mol. The van der Waals surface area contributed by atoms with Crippen LogP contribution in [0, 0.1) is 0 Å². The van der Waals surface area contributed by atoms with E-state index in [-0.39, 0.29) is 6.10 Å². The first kappa shape index (κ1) is 9.16. The van der Waals surface area contributed by atoms with E-state index in [0.29, 0.717) is 6.42 Å². The van der Waals surface area contributed by atoms with Gasteiger partial charge in [0.1, 0.15) is 0 Å². The Morgan fingerprint density at radius 2 is 2.00 bits per heavy atom. The largest absolute Gasteiger partial charge is 0.393 e. The summed E-state index contributed by atoms with van der Waals surface area (Å²) < 4.78 is 0. The minimum atomic E-state index is -0.330. The van der Waals surface area contributed by atoms with Crippen LogP contribution in [0.2, 0.25) is 0 Å². The number of benzene rings is 1. The summed E-state index contributed by atoms with van der Waals surface area (Å²) in [5.74, 6) is 0. The fraction of sp³-hybridized carbons (Fsp3) is 0.250. The zero-order chi connectivity index (χ0) is 9.97. The van der Waals surface area contributed by atoms with Crippen LogP contribution < -0.4 is 0 Å². The lowest BCUT2D eigenvalue weighted by Gasteiger charge is -2.04. The van der Waals surface area contributed by atoms with Crippen molar-refractivity contribution in [3.63, 3.8) is 0 Å². The molecule has 0 saturated carbocycles. The van der Waals surface area contributed by atoms with E-state index in [2.05, 4.69) is 4.98 Å². The zero-order valence-electron chi connectivity index (χ0n) is 8.14. The Labute approximate surface area is 83.2 Å². The number of aromatic nitrogens is 1. The molecule has 0 aliphatic carbocycles. The van der Waals surface area contributed by atoms with Crippen molar-refractivity contribution in [1.29, 1.82) is 0 Å². The van der Waals surface area contributed by atoms with E-state index in [0.717, 1.165) is 16.6 Å². The highest BCUT2D eigenvalue weighted by atomic mass is 16.3. The Hall–Kier alpha value is -1.41. The number of pyridine rings is 1. The molecule has 0 bridgehead atoms. The molecule has 0 aliphatic heterocycles. The van der Waals surface area contributed by atoms with Gasteiger partial charge in [-0.15, -0.1) is 0 Å². The molecular formula is C12H13NO. The third-order valence-corrected chi connectivity index (χ3v) is 2.16. The minimum Gasteiger partial charge on any atom is -0.393 e. The van der Waals surface area contributed by atoms with E-state index >= 15 is 0 Å². The first-order valence-corrected chi connectivity index (χ1v) is 4.78. The van der Waals surface area contributed by atoms with Crippen LogP contribution in [0.3, 0.4) is 0 Å². The fourth-order valence-electron chi connectivity index (χ4n) is 1.52. The summed E-state index contributed by atoms with van der Waals surface area (Å²) in [6.07, 6.45) is 0.286. The molecule has 2 rings (SSSR count). The molecule has 0 fully saturated rings. The lowest BCUT2D eigenvalue weighted by molar-refractivity contribution is 0.194. The van der Waals surface area contributed by atoms with Crippen molar-refractivity contribution in [3.8, 4) is 0 Å². The van der Waals surface area contributed by atoms with Crippen molar-refractivity contribution >= 4 is 10.9 Å². The highest BCUT2D eigenvalue weighted by Gasteiger charge is 2.01. The lowest BCUT2D eigenvalue weighted by Crippen LogP contribution is -2.05. The van der Waals surface area contributed by atoms with E-state index in [4.69, 9.17) is 0 Å². The van der Waals surface area contributed by atoms with Crippen LogP contribution in [-0.4, -0.2) is 16.2 Å². The molecular weight excluding hydrogens is 174 g/mol. The molecule has 1 aromatic heterocycles. The Bertz CT molecular complexity index is 437. The van der Waals surface area contributed by atoms with Crippen LogP contribution in [0.15, 0.2) is 36.4 Å².